The topological polar surface area (TPSA) is 63.7 Å². The summed E-state index contributed by atoms with van der Waals surface area (Å²) in [5.41, 5.74) is 0.856. The molecule has 21 heavy (non-hydrogen) atoms. The zero-order valence-corrected chi connectivity index (χ0v) is 14.3. The van der Waals surface area contributed by atoms with Gasteiger partial charge in [0.15, 0.2) is 0 Å². The molecule has 0 radical (unpaired) electrons. The molecule has 1 atom stereocenters. The van der Waals surface area contributed by atoms with Crippen molar-refractivity contribution < 1.29 is 19.1 Å². The van der Waals surface area contributed by atoms with Crippen LogP contribution in [0.5, 0.6) is 0 Å². The van der Waals surface area contributed by atoms with E-state index in [2.05, 4.69) is 27.3 Å². The molecule has 7 heteroatoms. The lowest BCUT2D eigenvalue weighted by molar-refractivity contribution is -0.148. The van der Waals surface area contributed by atoms with Gasteiger partial charge in [-0.3, -0.25) is 14.5 Å². The van der Waals surface area contributed by atoms with E-state index in [1.807, 2.05) is 24.3 Å². The Morgan fingerprint density at radius 1 is 1.38 bits per heavy atom. The molecular weight excluding hydrogens is 405 g/mol. The van der Waals surface area contributed by atoms with Crippen LogP contribution in [0.2, 0.25) is 0 Å². The van der Waals surface area contributed by atoms with Gasteiger partial charge >= 0.3 is 5.97 Å². The van der Waals surface area contributed by atoms with Crippen molar-refractivity contribution in [1.82, 2.24) is 4.90 Å². The minimum atomic E-state index is -0.928. The SMILES string of the molecule is COC(=O)[C@H](C)N1C(=O)S/C(=C/c2ccccc2I)C1=O. The molecular formula is C14H12INO4S. The number of hydrogen-bond donors (Lipinski definition) is 0. The first-order valence-corrected chi connectivity index (χ1v) is 7.94. The average molecular weight is 417 g/mol. The molecule has 1 heterocycles. The Balaban J connectivity index is 2.30. The maximum absolute atomic E-state index is 12.3. The molecule has 2 rings (SSSR count). The third kappa shape index (κ3) is 3.29. The van der Waals surface area contributed by atoms with Gasteiger partial charge in [0, 0.05) is 3.57 Å². The molecule has 0 N–H and O–H groups in total. The van der Waals surface area contributed by atoms with Crippen LogP contribution in [0.15, 0.2) is 29.2 Å². The minimum absolute atomic E-state index is 0.305. The van der Waals surface area contributed by atoms with Crippen LogP contribution in [0.25, 0.3) is 6.08 Å². The zero-order chi connectivity index (χ0) is 15.6. The molecule has 2 amide bonds. The highest BCUT2D eigenvalue weighted by Crippen LogP contribution is 2.34. The molecule has 0 unspecified atom stereocenters. The maximum Gasteiger partial charge on any atom is 0.328 e. The molecule has 0 aromatic heterocycles. The summed E-state index contributed by atoms with van der Waals surface area (Å²) in [4.78, 5) is 37.0. The van der Waals surface area contributed by atoms with Crippen LogP contribution in [-0.2, 0) is 14.3 Å². The molecule has 1 saturated heterocycles. The molecule has 1 aliphatic rings. The summed E-state index contributed by atoms with van der Waals surface area (Å²) in [5, 5.41) is -0.463. The lowest BCUT2D eigenvalue weighted by atomic mass is 10.2. The Hall–Kier alpha value is -1.35. The fourth-order valence-corrected chi connectivity index (χ4v) is 3.27. The van der Waals surface area contributed by atoms with Gasteiger partial charge in [0.25, 0.3) is 11.1 Å². The number of thioether (sulfide) groups is 1. The summed E-state index contributed by atoms with van der Waals surface area (Å²) in [6, 6.07) is 6.59. The number of halogens is 1. The number of carbonyl (C=O) groups is 3. The number of amides is 2. The summed E-state index contributed by atoms with van der Waals surface area (Å²) in [7, 11) is 1.22. The van der Waals surface area contributed by atoms with Crippen LogP contribution >= 0.6 is 34.4 Å². The van der Waals surface area contributed by atoms with Crippen LogP contribution < -0.4 is 0 Å². The number of rotatable bonds is 3. The van der Waals surface area contributed by atoms with Crippen molar-refractivity contribution in [3.05, 3.63) is 38.3 Å². The van der Waals surface area contributed by atoms with Crippen molar-refractivity contribution in [3.63, 3.8) is 0 Å². The van der Waals surface area contributed by atoms with Gasteiger partial charge in [-0.25, -0.2) is 4.79 Å². The van der Waals surface area contributed by atoms with Crippen molar-refractivity contribution in [3.8, 4) is 0 Å². The van der Waals surface area contributed by atoms with Gasteiger partial charge in [0.05, 0.1) is 12.0 Å². The van der Waals surface area contributed by atoms with Crippen molar-refractivity contribution in [1.29, 1.82) is 0 Å². The van der Waals surface area contributed by atoms with Gasteiger partial charge < -0.3 is 4.74 Å². The molecule has 1 aliphatic heterocycles. The van der Waals surface area contributed by atoms with E-state index in [1.165, 1.54) is 14.0 Å². The smallest absolute Gasteiger partial charge is 0.328 e. The van der Waals surface area contributed by atoms with Crippen LogP contribution in [-0.4, -0.2) is 35.2 Å². The van der Waals surface area contributed by atoms with E-state index in [-0.39, 0.29) is 0 Å². The highest BCUT2D eigenvalue weighted by atomic mass is 127. The van der Waals surface area contributed by atoms with Gasteiger partial charge in [-0.05, 0) is 59.0 Å². The number of ether oxygens (including phenoxy) is 1. The third-order valence-corrected chi connectivity index (χ3v) is 4.81. The van der Waals surface area contributed by atoms with E-state index in [4.69, 9.17) is 0 Å². The molecule has 1 aromatic carbocycles. The Morgan fingerprint density at radius 3 is 2.67 bits per heavy atom. The predicted octanol–water partition coefficient (Wildman–Crippen LogP) is 2.89. The highest BCUT2D eigenvalue weighted by molar-refractivity contribution is 14.1. The Bertz CT molecular complexity index is 644. The van der Waals surface area contributed by atoms with Crippen molar-refractivity contribution >= 4 is 57.5 Å². The first-order valence-electron chi connectivity index (χ1n) is 6.05. The summed E-state index contributed by atoms with van der Waals surface area (Å²) in [5.74, 6) is -1.09. The second-order valence-corrected chi connectivity index (χ2v) is 6.43. The summed E-state index contributed by atoms with van der Waals surface area (Å²) >= 11 is 2.99. The summed E-state index contributed by atoms with van der Waals surface area (Å²) in [6.45, 7) is 1.47. The molecule has 0 aliphatic carbocycles. The fraction of sp³-hybridized carbons (Fsp3) is 0.214. The van der Waals surface area contributed by atoms with Crippen molar-refractivity contribution in [2.75, 3.05) is 7.11 Å². The number of benzene rings is 1. The van der Waals surface area contributed by atoms with Crippen LogP contribution in [0.1, 0.15) is 12.5 Å². The summed E-state index contributed by atoms with van der Waals surface area (Å²) < 4.78 is 5.55. The predicted molar refractivity (Wildman–Crippen MR) is 88.4 cm³/mol. The molecule has 1 fully saturated rings. The van der Waals surface area contributed by atoms with E-state index in [0.29, 0.717) is 4.91 Å². The molecule has 110 valence electrons. The molecule has 0 saturated carbocycles. The minimum Gasteiger partial charge on any atom is -0.467 e. The number of methoxy groups -OCH3 is 1. The normalized spacial score (nSPS) is 18.2. The van der Waals surface area contributed by atoms with E-state index >= 15 is 0 Å². The van der Waals surface area contributed by atoms with Crippen molar-refractivity contribution in [2.45, 2.75) is 13.0 Å². The van der Waals surface area contributed by atoms with Gasteiger partial charge in [0.2, 0.25) is 0 Å². The average Bonchev–Trinajstić information content (AvgIpc) is 2.74. The maximum atomic E-state index is 12.3. The van der Waals surface area contributed by atoms with Gasteiger partial charge in [-0.15, -0.1) is 0 Å². The second kappa shape index (κ2) is 6.61. The molecule has 0 spiro atoms. The number of imide groups is 1. The van der Waals surface area contributed by atoms with Gasteiger partial charge in [0.1, 0.15) is 6.04 Å². The largest absolute Gasteiger partial charge is 0.467 e. The standard InChI is InChI=1S/C14H12INO4S/c1-8(13(18)20-2)16-12(17)11(21-14(16)19)7-9-5-3-4-6-10(9)15/h3-8H,1-2H3/b11-7+/t8-/m0/s1. The molecule has 1 aromatic rings. The highest BCUT2D eigenvalue weighted by Gasteiger charge is 2.41. The van der Waals surface area contributed by atoms with E-state index < -0.39 is 23.2 Å². The van der Waals surface area contributed by atoms with Gasteiger partial charge in [-0.1, -0.05) is 18.2 Å². The van der Waals surface area contributed by atoms with Crippen LogP contribution in [0.4, 0.5) is 4.79 Å². The van der Waals surface area contributed by atoms with E-state index in [1.54, 1.807) is 6.08 Å². The Kier molecular flexibility index (Phi) is 5.04. The van der Waals surface area contributed by atoms with Crippen LogP contribution in [0.3, 0.4) is 0 Å². The molecule has 0 bridgehead atoms. The quantitative estimate of drug-likeness (QED) is 0.430. The van der Waals surface area contributed by atoms with E-state index in [9.17, 15) is 14.4 Å². The van der Waals surface area contributed by atoms with Crippen LogP contribution in [0, 0.1) is 3.57 Å². The Morgan fingerprint density at radius 2 is 2.05 bits per heavy atom. The third-order valence-electron chi connectivity index (χ3n) is 2.94. The Labute approximate surface area is 139 Å². The van der Waals surface area contributed by atoms with Gasteiger partial charge in [-0.2, -0.15) is 0 Å². The lowest BCUT2D eigenvalue weighted by Gasteiger charge is -2.18. The van der Waals surface area contributed by atoms with Crippen molar-refractivity contribution in [2.24, 2.45) is 0 Å². The summed E-state index contributed by atoms with van der Waals surface area (Å²) in [6.07, 6.45) is 1.66. The first kappa shape index (κ1) is 16.0. The number of nitrogens with zero attached hydrogens (tertiary/aromatic N) is 1. The zero-order valence-electron chi connectivity index (χ0n) is 11.3. The first-order chi connectivity index (χ1) is 9.95. The number of carbonyl (C=O) groups excluding carboxylic acids is 3. The fourth-order valence-electron chi connectivity index (χ4n) is 1.82. The second-order valence-electron chi connectivity index (χ2n) is 4.27. The van der Waals surface area contributed by atoms with E-state index in [0.717, 1.165) is 25.8 Å². The monoisotopic (exact) mass is 417 g/mol. The molecule has 5 nitrogen and oxygen atoms in total. The lowest BCUT2D eigenvalue weighted by Crippen LogP contribution is -2.42. The number of esters is 1. The number of hydrogen-bond acceptors (Lipinski definition) is 5.